The molecule has 0 aliphatic heterocycles. The largest absolute Gasteiger partial charge is 0.550 e. The van der Waals surface area contributed by atoms with Gasteiger partial charge in [-0.25, -0.2) is 0 Å². The molecule has 0 aliphatic carbocycles. The second kappa shape index (κ2) is 6.86. The zero-order valence-electron chi connectivity index (χ0n) is 9.86. The van der Waals surface area contributed by atoms with Gasteiger partial charge in [-0.2, -0.15) is 0 Å². The molecular formula is C12H13ClNO4-. The van der Waals surface area contributed by atoms with E-state index in [-0.39, 0.29) is 25.5 Å². The fourth-order valence-corrected chi connectivity index (χ4v) is 1.50. The topological polar surface area (TPSA) is 78.5 Å². The second-order valence-corrected chi connectivity index (χ2v) is 4.11. The SMILES string of the molecule is Cc1cc(Cl)ccc1OCC(=O)NCCC(=O)[O-]. The molecule has 0 aliphatic rings. The van der Waals surface area contributed by atoms with Gasteiger partial charge >= 0.3 is 0 Å². The zero-order chi connectivity index (χ0) is 13.5. The average molecular weight is 271 g/mol. The number of nitrogens with one attached hydrogen (secondary N) is 1. The summed E-state index contributed by atoms with van der Waals surface area (Å²) in [6.45, 7) is 1.68. The average Bonchev–Trinajstić information content (AvgIpc) is 2.27. The number of halogens is 1. The van der Waals surface area contributed by atoms with Crippen molar-refractivity contribution in [2.45, 2.75) is 13.3 Å². The van der Waals surface area contributed by atoms with Crippen molar-refractivity contribution in [3.8, 4) is 5.75 Å². The number of amides is 1. The van der Waals surface area contributed by atoms with Crippen LogP contribution in [0.1, 0.15) is 12.0 Å². The Morgan fingerprint density at radius 3 is 2.78 bits per heavy atom. The second-order valence-electron chi connectivity index (χ2n) is 3.67. The van der Waals surface area contributed by atoms with E-state index in [9.17, 15) is 14.7 Å². The lowest BCUT2D eigenvalue weighted by molar-refractivity contribution is -0.305. The summed E-state index contributed by atoms with van der Waals surface area (Å²) in [4.78, 5) is 21.4. The van der Waals surface area contributed by atoms with E-state index in [4.69, 9.17) is 16.3 Å². The molecule has 5 nitrogen and oxygen atoms in total. The Bertz CT molecular complexity index is 448. The Hall–Kier alpha value is -1.75. The van der Waals surface area contributed by atoms with Crippen molar-refractivity contribution in [2.75, 3.05) is 13.2 Å². The van der Waals surface area contributed by atoms with Gasteiger partial charge in [-0.3, -0.25) is 4.79 Å². The first kappa shape index (κ1) is 14.3. The van der Waals surface area contributed by atoms with Crippen LogP contribution in [0.5, 0.6) is 5.75 Å². The number of benzene rings is 1. The predicted molar refractivity (Wildman–Crippen MR) is 64.3 cm³/mol. The molecule has 0 aromatic heterocycles. The quantitative estimate of drug-likeness (QED) is 0.806. The number of aliphatic carboxylic acids is 1. The van der Waals surface area contributed by atoms with Gasteiger partial charge < -0.3 is 20.0 Å². The van der Waals surface area contributed by atoms with Crippen LogP contribution >= 0.6 is 11.6 Å². The first-order valence-corrected chi connectivity index (χ1v) is 5.72. The number of aryl methyl sites for hydroxylation is 1. The third-order valence-corrected chi connectivity index (χ3v) is 2.38. The summed E-state index contributed by atoms with van der Waals surface area (Å²) in [6.07, 6.45) is -0.217. The van der Waals surface area contributed by atoms with Crippen LogP contribution in [0.3, 0.4) is 0 Å². The fraction of sp³-hybridized carbons (Fsp3) is 0.333. The first-order valence-electron chi connectivity index (χ1n) is 5.34. The summed E-state index contributed by atoms with van der Waals surface area (Å²) in [6, 6.07) is 5.06. The van der Waals surface area contributed by atoms with Gasteiger partial charge in [-0.15, -0.1) is 0 Å². The van der Waals surface area contributed by atoms with Crippen LogP contribution in [0.15, 0.2) is 18.2 Å². The summed E-state index contributed by atoms with van der Waals surface area (Å²) >= 11 is 5.78. The maximum Gasteiger partial charge on any atom is 0.257 e. The zero-order valence-corrected chi connectivity index (χ0v) is 10.6. The Morgan fingerprint density at radius 2 is 2.17 bits per heavy atom. The fourth-order valence-electron chi connectivity index (χ4n) is 1.27. The van der Waals surface area contributed by atoms with Crippen molar-refractivity contribution >= 4 is 23.5 Å². The number of carboxylic acids is 1. The Labute approximate surface area is 110 Å². The highest BCUT2D eigenvalue weighted by Crippen LogP contribution is 2.21. The van der Waals surface area contributed by atoms with Crippen LogP contribution in [-0.2, 0) is 9.59 Å². The molecular weight excluding hydrogens is 258 g/mol. The smallest absolute Gasteiger partial charge is 0.257 e. The van der Waals surface area contributed by atoms with Gasteiger partial charge in [0.1, 0.15) is 5.75 Å². The van der Waals surface area contributed by atoms with Crippen LogP contribution in [-0.4, -0.2) is 25.0 Å². The number of rotatable bonds is 6. The lowest BCUT2D eigenvalue weighted by Gasteiger charge is -2.10. The van der Waals surface area contributed by atoms with Gasteiger partial charge in [0.05, 0.1) is 0 Å². The molecule has 0 heterocycles. The summed E-state index contributed by atoms with van der Waals surface area (Å²) in [5, 5.41) is 13.1. The molecule has 0 spiro atoms. The van der Waals surface area contributed by atoms with E-state index in [1.807, 2.05) is 6.92 Å². The molecule has 1 amide bonds. The summed E-state index contributed by atoms with van der Waals surface area (Å²) in [5.74, 6) is -1.02. The molecule has 6 heteroatoms. The van der Waals surface area contributed by atoms with E-state index in [0.29, 0.717) is 10.8 Å². The van der Waals surface area contributed by atoms with Crippen molar-refractivity contribution < 1.29 is 19.4 Å². The van der Waals surface area contributed by atoms with Gasteiger partial charge in [-0.1, -0.05) is 11.6 Å². The molecule has 0 fully saturated rings. The molecule has 1 aromatic rings. The Balaban J connectivity index is 2.36. The Morgan fingerprint density at radius 1 is 1.44 bits per heavy atom. The normalized spacial score (nSPS) is 9.89. The molecule has 1 N–H and O–H groups in total. The number of ether oxygens (including phenoxy) is 1. The molecule has 1 rings (SSSR count). The highest BCUT2D eigenvalue weighted by atomic mass is 35.5. The highest BCUT2D eigenvalue weighted by molar-refractivity contribution is 6.30. The van der Waals surface area contributed by atoms with Crippen molar-refractivity contribution in [1.82, 2.24) is 5.32 Å². The van der Waals surface area contributed by atoms with Crippen LogP contribution in [0.4, 0.5) is 0 Å². The minimum Gasteiger partial charge on any atom is -0.550 e. The van der Waals surface area contributed by atoms with Crippen LogP contribution in [0, 0.1) is 6.92 Å². The molecule has 0 radical (unpaired) electrons. The van der Waals surface area contributed by atoms with E-state index in [0.717, 1.165) is 5.56 Å². The van der Waals surface area contributed by atoms with Gasteiger partial charge in [0.2, 0.25) is 0 Å². The van der Waals surface area contributed by atoms with Crippen molar-refractivity contribution in [3.63, 3.8) is 0 Å². The number of carbonyl (C=O) groups is 2. The lowest BCUT2D eigenvalue weighted by atomic mass is 10.2. The standard InChI is InChI=1S/C12H14ClNO4/c1-8-6-9(13)2-3-10(8)18-7-11(15)14-5-4-12(16)17/h2-3,6H,4-5,7H2,1H3,(H,14,15)(H,16,17)/p-1. The number of hydrogen-bond donors (Lipinski definition) is 1. The maximum atomic E-state index is 11.3. The number of carbonyl (C=O) groups excluding carboxylic acids is 2. The van der Waals surface area contributed by atoms with Crippen molar-refractivity contribution in [2.24, 2.45) is 0 Å². The van der Waals surface area contributed by atoms with Gasteiger partial charge in [0.25, 0.3) is 5.91 Å². The van der Waals surface area contributed by atoms with Crippen molar-refractivity contribution in [1.29, 1.82) is 0 Å². The summed E-state index contributed by atoms with van der Waals surface area (Å²) in [7, 11) is 0. The minimum atomic E-state index is -1.20. The molecule has 0 unspecified atom stereocenters. The molecule has 1 aromatic carbocycles. The minimum absolute atomic E-state index is 0.0319. The predicted octanol–water partition coefficient (Wildman–Crippen LogP) is 0.283. The molecule has 0 atom stereocenters. The van der Waals surface area contributed by atoms with Gasteiger partial charge in [-0.05, 0) is 30.7 Å². The highest BCUT2D eigenvalue weighted by Gasteiger charge is 2.04. The van der Waals surface area contributed by atoms with Crippen LogP contribution < -0.4 is 15.2 Å². The van der Waals surface area contributed by atoms with Crippen LogP contribution in [0.2, 0.25) is 5.02 Å². The third-order valence-electron chi connectivity index (χ3n) is 2.15. The van der Waals surface area contributed by atoms with Crippen LogP contribution in [0.25, 0.3) is 0 Å². The monoisotopic (exact) mass is 270 g/mol. The maximum absolute atomic E-state index is 11.3. The number of carboxylic acid groups (broad SMARTS) is 1. The van der Waals surface area contributed by atoms with E-state index in [1.165, 1.54) is 0 Å². The summed E-state index contributed by atoms with van der Waals surface area (Å²) < 4.78 is 5.28. The number of hydrogen-bond acceptors (Lipinski definition) is 4. The first-order chi connectivity index (χ1) is 8.49. The van der Waals surface area contributed by atoms with Crippen molar-refractivity contribution in [3.05, 3.63) is 28.8 Å². The van der Waals surface area contributed by atoms with E-state index < -0.39 is 5.97 Å². The molecule has 98 valence electrons. The lowest BCUT2D eigenvalue weighted by Crippen LogP contribution is -2.33. The third kappa shape index (κ3) is 5.05. The van der Waals surface area contributed by atoms with Gasteiger partial charge in [0, 0.05) is 24.0 Å². The Kier molecular flexibility index (Phi) is 5.45. The molecule has 0 saturated carbocycles. The van der Waals surface area contributed by atoms with E-state index in [2.05, 4.69) is 5.32 Å². The summed E-state index contributed by atoms with van der Waals surface area (Å²) in [5.41, 5.74) is 0.824. The molecule has 0 saturated heterocycles. The van der Waals surface area contributed by atoms with E-state index >= 15 is 0 Å². The van der Waals surface area contributed by atoms with Gasteiger partial charge in [0.15, 0.2) is 6.61 Å². The molecule has 18 heavy (non-hydrogen) atoms. The molecule has 0 bridgehead atoms. The van der Waals surface area contributed by atoms with E-state index in [1.54, 1.807) is 18.2 Å².